The molecule has 0 atom stereocenters. The third-order valence-corrected chi connectivity index (χ3v) is 3.92. The van der Waals surface area contributed by atoms with Crippen LogP contribution in [0.3, 0.4) is 0 Å². The Morgan fingerprint density at radius 1 is 1.42 bits per heavy atom. The SMILES string of the molecule is CCOC1CC(NCc2cnc3cnc(Br)cn23)C1. The van der Waals surface area contributed by atoms with Crippen molar-refractivity contribution in [3.8, 4) is 0 Å². The van der Waals surface area contributed by atoms with Crippen molar-refractivity contribution in [2.75, 3.05) is 6.61 Å². The Morgan fingerprint density at radius 2 is 2.26 bits per heavy atom. The summed E-state index contributed by atoms with van der Waals surface area (Å²) in [5.41, 5.74) is 2.03. The van der Waals surface area contributed by atoms with Crippen LogP contribution in [0.1, 0.15) is 25.5 Å². The van der Waals surface area contributed by atoms with Gasteiger partial charge in [0.2, 0.25) is 0 Å². The van der Waals surface area contributed by atoms with Crippen LogP contribution in [0.5, 0.6) is 0 Å². The number of ether oxygens (including phenoxy) is 1. The van der Waals surface area contributed by atoms with Crippen LogP contribution in [0.4, 0.5) is 0 Å². The molecule has 102 valence electrons. The molecule has 0 spiro atoms. The van der Waals surface area contributed by atoms with Crippen molar-refractivity contribution in [1.82, 2.24) is 19.7 Å². The molecule has 1 N–H and O–H groups in total. The number of nitrogens with zero attached hydrogens (tertiary/aromatic N) is 3. The Kier molecular flexibility index (Phi) is 3.81. The Balaban J connectivity index is 1.59. The zero-order valence-corrected chi connectivity index (χ0v) is 12.4. The van der Waals surface area contributed by atoms with Crippen LogP contribution in [0, 0.1) is 0 Å². The van der Waals surface area contributed by atoms with E-state index in [1.54, 1.807) is 6.20 Å². The highest BCUT2D eigenvalue weighted by Gasteiger charge is 2.28. The molecule has 1 fully saturated rings. The number of aromatic nitrogens is 3. The molecule has 0 aliphatic heterocycles. The number of imidazole rings is 1. The molecular formula is C13H17BrN4O. The first kappa shape index (κ1) is 13.0. The van der Waals surface area contributed by atoms with Crippen molar-refractivity contribution in [2.45, 2.75) is 38.5 Å². The van der Waals surface area contributed by atoms with Crippen LogP contribution in [0.15, 0.2) is 23.2 Å². The van der Waals surface area contributed by atoms with Crippen LogP contribution in [0.2, 0.25) is 0 Å². The van der Waals surface area contributed by atoms with Crippen LogP contribution >= 0.6 is 15.9 Å². The van der Waals surface area contributed by atoms with Gasteiger partial charge in [0.1, 0.15) is 4.60 Å². The summed E-state index contributed by atoms with van der Waals surface area (Å²) in [4.78, 5) is 8.51. The molecule has 0 radical (unpaired) electrons. The number of halogens is 1. The largest absolute Gasteiger partial charge is 0.378 e. The highest BCUT2D eigenvalue weighted by atomic mass is 79.9. The molecule has 0 saturated heterocycles. The zero-order valence-electron chi connectivity index (χ0n) is 10.8. The summed E-state index contributed by atoms with van der Waals surface area (Å²) >= 11 is 3.38. The second kappa shape index (κ2) is 5.56. The van der Waals surface area contributed by atoms with Gasteiger partial charge in [-0.2, -0.15) is 0 Å². The topological polar surface area (TPSA) is 51.5 Å². The van der Waals surface area contributed by atoms with E-state index in [0.29, 0.717) is 12.1 Å². The summed E-state index contributed by atoms with van der Waals surface area (Å²) in [6.45, 7) is 3.68. The van der Waals surface area contributed by atoms with Crippen LogP contribution in [-0.4, -0.2) is 33.1 Å². The lowest BCUT2D eigenvalue weighted by molar-refractivity contribution is -0.0103. The average Bonchev–Trinajstić information content (AvgIpc) is 2.74. The number of hydrogen-bond acceptors (Lipinski definition) is 4. The molecule has 2 aromatic rings. The molecule has 5 nitrogen and oxygen atoms in total. The fraction of sp³-hybridized carbons (Fsp3) is 0.538. The van der Waals surface area contributed by atoms with Gasteiger partial charge in [-0.25, -0.2) is 9.97 Å². The van der Waals surface area contributed by atoms with E-state index in [1.165, 1.54) is 0 Å². The number of nitrogens with one attached hydrogen (secondary N) is 1. The van der Waals surface area contributed by atoms with E-state index in [-0.39, 0.29) is 0 Å². The number of hydrogen-bond donors (Lipinski definition) is 1. The maximum atomic E-state index is 5.56. The van der Waals surface area contributed by atoms with E-state index in [0.717, 1.165) is 41.9 Å². The molecule has 3 rings (SSSR count). The summed E-state index contributed by atoms with van der Waals surface area (Å²) in [5.74, 6) is 0. The van der Waals surface area contributed by atoms with Crippen molar-refractivity contribution in [3.05, 3.63) is 28.9 Å². The molecule has 0 amide bonds. The van der Waals surface area contributed by atoms with Crippen molar-refractivity contribution in [1.29, 1.82) is 0 Å². The average molecular weight is 325 g/mol. The molecule has 2 aromatic heterocycles. The number of rotatable bonds is 5. The van der Waals surface area contributed by atoms with Gasteiger partial charge in [-0.05, 0) is 35.7 Å². The smallest absolute Gasteiger partial charge is 0.155 e. The maximum Gasteiger partial charge on any atom is 0.155 e. The predicted octanol–water partition coefficient (Wildman–Crippen LogP) is 2.15. The van der Waals surface area contributed by atoms with Crippen LogP contribution < -0.4 is 5.32 Å². The third-order valence-electron chi connectivity index (χ3n) is 3.51. The van der Waals surface area contributed by atoms with E-state index in [4.69, 9.17) is 4.74 Å². The lowest BCUT2D eigenvalue weighted by Crippen LogP contribution is -2.45. The van der Waals surface area contributed by atoms with Crippen LogP contribution in [-0.2, 0) is 11.3 Å². The van der Waals surface area contributed by atoms with E-state index in [2.05, 4.69) is 35.6 Å². The lowest BCUT2D eigenvalue weighted by Gasteiger charge is -2.35. The minimum Gasteiger partial charge on any atom is -0.378 e. The predicted molar refractivity (Wildman–Crippen MR) is 76.0 cm³/mol. The fourth-order valence-electron chi connectivity index (χ4n) is 2.40. The summed E-state index contributed by atoms with van der Waals surface area (Å²) < 4.78 is 8.44. The first-order valence-electron chi connectivity index (χ1n) is 6.58. The summed E-state index contributed by atoms with van der Waals surface area (Å²) in [7, 11) is 0. The summed E-state index contributed by atoms with van der Waals surface area (Å²) in [6, 6.07) is 0.562. The molecule has 0 aromatic carbocycles. The van der Waals surface area contributed by atoms with Crippen molar-refractivity contribution >= 4 is 21.6 Å². The monoisotopic (exact) mass is 324 g/mol. The summed E-state index contributed by atoms with van der Waals surface area (Å²) in [6.07, 6.45) is 8.27. The second-order valence-electron chi connectivity index (χ2n) is 4.81. The molecule has 1 aliphatic rings. The van der Waals surface area contributed by atoms with E-state index in [9.17, 15) is 0 Å². The Bertz CT molecular complexity index is 565. The zero-order chi connectivity index (χ0) is 13.2. The number of fused-ring (bicyclic) bond motifs is 1. The van der Waals surface area contributed by atoms with Crippen molar-refractivity contribution in [3.63, 3.8) is 0 Å². The van der Waals surface area contributed by atoms with Crippen molar-refractivity contribution in [2.24, 2.45) is 0 Å². The van der Waals surface area contributed by atoms with Gasteiger partial charge >= 0.3 is 0 Å². The molecule has 1 aliphatic carbocycles. The lowest BCUT2D eigenvalue weighted by atomic mass is 9.89. The normalized spacial score (nSPS) is 22.6. The van der Waals surface area contributed by atoms with Crippen LogP contribution in [0.25, 0.3) is 5.65 Å². The van der Waals surface area contributed by atoms with Gasteiger partial charge in [-0.1, -0.05) is 0 Å². The molecule has 6 heteroatoms. The maximum absolute atomic E-state index is 5.56. The van der Waals surface area contributed by atoms with E-state index in [1.807, 2.05) is 19.3 Å². The molecular weight excluding hydrogens is 308 g/mol. The summed E-state index contributed by atoms with van der Waals surface area (Å²) in [5, 5.41) is 3.54. The minimum absolute atomic E-state index is 0.447. The Labute approximate surface area is 120 Å². The highest BCUT2D eigenvalue weighted by Crippen LogP contribution is 2.23. The van der Waals surface area contributed by atoms with Gasteiger partial charge in [0.25, 0.3) is 0 Å². The standard InChI is InChI=1S/C13H17BrN4O/c1-2-19-11-3-9(4-11)15-5-10-6-17-13-7-16-12(14)8-18(10)13/h6-9,11,15H,2-5H2,1H3. The molecule has 0 unspecified atom stereocenters. The Morgan fingerprint density at radius 3 is 3.05 bits per heavy atom. The molecule has 2 heterocycles. The Hall–Kier alpha value is -0.980. The minimum atomic E-state index is 0.447. The van der Waals surface area contributed by atoms with Gasteiger partial charge in [0.15, 0.2) is 5.65 Å². The van der Waals surface area contributed by atoms with E-state index < -0.39 is 0 Å². The van der Waals surface area contributed by atoms with Crippen molar-refractivity contribution < 1.29 is 4.74 Å². The quantitative estimate of drug-likeness (QED) is 0.915. The third kappa shape index (κ3) is 2.80. The molecule has 19 heavy (non-hydrogen) atoms. The van der Waals surface area contributed by atoms with Gasteiger partial charge in [-0.15, -0.1) is 0 Å². The van der Waals surface area contributed by atoms with E-state index >= 15 is 0 Å². The van der Waals surface area contributed by atoms with Gasteiger partial charge in [0.05, 0.1) is 24.2 Å². The van der Waals surface area contributed by atoms with Gasteiger partial charge in [-0.3, -0.25) is 4.40 Å². The first-order chi connectivity index (χ1) is 9.26. The first-order valence-corrected chi connectivity index (χ1v) is 7.38. The fourth-order valence-corrected chi connectivity index (χ4v) is 2.71. The second-order valence-corrected chi connectivity index (χ2v) is 5.63. The molecule has 0 bridgehead atoms. The van der Waals surface area contributed by atoms with Gasteiger partial charge < -0.3 is 10.1 Å². The van der Waals surface area contributed by atoms with Gasteiger partial charge in [0, 0.05) is 25.4 Å². The molecule has 1 saturated carbocycles. The highest BCUT2D eigenvalue weighted by molar-refractivity contribution is 9.10.